The fourth-order valence-corrected chi connectivity index (χ4v) is 3.67. The van der Waals surface area contributed by atoms with Crippen molar-refractivity contribution in [2.24, 2.45) is 0 Å². The first-order chi connectivity index (χ1) is 11.7. The topological polar surface area (TPSA) is 33.2 Å². The molecule has 1 aromatic heterocycles. The Morgan fingerprint density at radius 2 is 1.83 bits per heavy atom. The van der Waals surface area contributed by atoms with Gasteiger partial charge in [0, 0.05) is 17.0 Å². The Balaban J connectivity index is 1.68. The van der Waals surface area contributed by atoms with E-state index in [1.807, 2.05) is 65.6 Å². The molecule has 1 saturated heterocycles. The summed E-state index contributed by atoms with van der Waals surface area (Å²) in [6.45, 7) is 0.739. The Morgan fingerprint density at radius 3 is 2.71 bits per heavy atom. The Labute approximate surface area is 145 Å². The van der Waals surface area contributed by atoms with Crippen LogP contribution < -0.4 is 0 Å². The maximum atomic E-state index is 13.0. The maximum Gasteiger partial charge on any atom is 0.272 e. The van der Waals surface area contributed by atoms with Gasteiger partial charge in [-0.15, -0.1) is 0 Å². The van der Waals surface area contributed by atoms with Crippen molar-refractivity contribution in [1.29, 1.82) is 0 Å². The predicted molar refractivity (Wildman–Crippen MR) is 96.2 cm³/mol. The summed E-state index contributed by atoms with van der Waals surface area (Å²) in [5.74, 6) is -0.0248. The van der Waals surface area contributed by atoms with Gasteiger partial charge in [0.05, 0.1) is 11.6 Å². The molecule has 4 heteroatoms. The summed E-state index contributed by atoms with van der Waals surface area (Å²) in [6.07, 6.45) is 1.91. The number of amides is 1. The van der Waals surface area contributed by atoms with Crippen LogP contribution in [0.15, 0.2) is 60.7 Å². The van der Waals surface area contributed by atoms with Crippen molar-refractivity contribution in [2.45, 2.75) is 18.9 Å². The van der Waals surface area contributed by atoms with Crippen molar-refractivity contribution in [3.8, 4) is 0 Å². The molecule has 0 bridgehead atoms. The summed E-state index contributed by atoms with van der Waals surface area (Å²) in [5.41, 5.74) is 2.36. The minimum atomic E-state index is -0.0248. The van der Waals surface area contributed by atoms with Crippen LogP contribution in [-0.4, -0.2) is 22.3 Å². The summed E-state index contributed by atoms with van der Waals surface area (Å²) in [6, 6.07) is 19.4. The zero-order valence-corrected chi connectivity index (χ0v) is 13.9. The van der Waals surface area contributed by atoms with Gasteiger partial charge in [-0.1, -0.05) is 54.1 Å². The monoisotopic (exact) mass is 336 g/mol. The van der Waals surface area contributed by atoms with Gasteiger partial charge in [0.15, 0.2) is 0 Å². The molecule has 3 nitrogen and oxygen atoms in total. The third-order valence-corrected chi connectivity index (χ3v) is 4.94. The molecule has 1 atom stereocenters. The highest BCUT2D eigenvalue weighted by molar-refractivity contribution is 6.31. The fourth-order valence-electron chi connectivity index (χ4n) is 3.41. The van der Waals surface area contributed by atoms with Crippen LogP contribution in [0.2, 0.25) is 5.02 Å². The molecule has 3 aromatic rings. The largest absolute Gasteiger partial charge is 0.330 e. The number of likely N-dealkylation sites (tertiary alicyclic amines) is 1. The van der Waals surface area contributed by atoms with Gasteiger partial charge >= 0.3 is 0 Å². The molecule has 2 heterocycles. The molecule has 0 spiro atoms. The zero-order chi connectivity index (χ0) is 16.5. The SMILES string of the molecule is O=C(c1ccc2ccccc2n1)N1CCCC1c1ccccc1Cl. The Hall–Kier alpha value is -2.39. The van der Waals surface area contributed by atoms with E-state index in [9.17, 15) is 4.79 Å². The minimum absolute atomic E-state index is 0.0248. The molecule has 1 aliphatic heterocycles. The second-order valence-corrected chi connectivity index (χ2v) is 6.47. The predicted octanol–water partition coefficient (Wildman–Crippen LogP) is 4.87. The van der Waals surface area contributed by atoms with Crippen LogP contribution in [0, 0.1) is 0 Å². The lowest BCUT2D eigenvalue weighted by Crippen LogP contribution is -2.31. The highest BCUT2D eigenvalue weighted by Crippen LogP contribution is 2.36. The zero-order valence-electron chi connectivity index (χ0n) is 13.2. The standard InChI is InChI=1S/C20H17ClN2O/c21-16-8-3-2-7-15(16)19-10-5-13-23(19)20(24)18-12-11-14-6-1-4-9-17(14)22-18/h1-4,6-9,11-12,19H,5,10,13H2. The van der Waals surface area contributed by atoms with Crippen molar-refractivity contribution < 1.29 is 4.79 Å². The fraction of sp³-hybridized carbons (Fsp3) is 0.200. The van der Waals surface area contributed by atoms with Crippen LogP contribution >= 0.6 is 11.6 Å². The average Bonchev–Trinajstić information content (AvgIpc) is 3.10. The van der Waals surface area contributed by atoms with Crippen molar-refractivity contribution in [3.63, 3.8) is 0 Å². The maximum absolute atomic E-state index is 13.0. The van der Waals surface area contributed by atoms with Crippen LogP contribution in [0.4, 0.5) is 0 Å². The lowest BCUT2D eigenvalue weighted by atomic mass is 10.0. The number of para-hydroxylation sites is 1. The Bertz CT molecular complexity index is 909. The molecule has 0 aliphatic carbocycles. The molecule has 2 aromatic carbocycles. The molecule has 4 rings (SSSR count). The van der Waals surface area contributed by atoms with Gasteiger partial charge in [-0.3, -0.25) is 4.79 Å². The number of carbonyl (C=O) groups excluding carboxylic acids is 1. The molecule has 120 valence electrons. The third-order valence-electron chi connectivity index (χ3n) is 4.60. The summed E-state index contributed by atoms with van der Waals surface area (Å²) in [4.78, 5) is 19.5. The van der Waals surface area contributed by atoms with E-state index in [1.165, 1.54) is 0 Å². The van der Waals surface area contributed by atoms with Crippen LogP contribution in [0.1, 0.15) is 34.9 Å². The van der Waals surface area contributed by atoms with Crippen LogP contribution in [0.3, 0.4) is 0 Å². The van der Waals surface area contributed by atoms with Crippen molar-refractivity contribution >= 4 is 28.4 Å². The molecule has 0 saturated carbocycles. The number of hydrogen-bond donors (Lipinski definition) is 0. The van der Waals surface area contributed by atoms with Gasteiger partial charge in [0.25, 0.3) is 5.91 Å². The second kappa shape index (κ2) is 6.25. The first kappa shape index (κ1) is 15.2. The van der Waals surface area contributed by atoms with Gasteiger partial charge in [-0.25, -0.2) is 4.98 Å². The number of halogens is 1. The lowest BCUT2D eigenvalue weighted by Gasteiger charge is -2.25. The molecule has 1 amide bonds. The van der Waals surface area contributed by atoms with E-state index >= 15 is 0 Å². The van der Waals surface area contributed by atoms with E-state index in [-0.39, 0.29) is 11.9 Å². The van der Waals surface area contributed by atoms with E-state index in [2.05, 4.69) is 4.98 Å². The number of carbonyl (C=O) groups is 1. The van der Waals surface area contributed by atoms with Gasteiger partial charge in [-0.2, -0.15) is 0 Å². The molecule has 1 aliphatic rings. The number of pyridine rings is 1. The van der Waals surface area contributed by atoms with E-state index in [1.54, 1.807) is 0 Å². The van der Waals surface area contributed by atoms with Crippen LogP contribution in [-0.2, 0) is 0 Å². The first-order valence-corrected chi connectivity index (χ1v) is 8.53. The van der Waals surface area contributed by atoms with Crippen LogP contribution in [0.25, 0.3) is 10.9 Å². The summed E-state index contributed by atoms with van der Waals surface area (Å²) < 4.78 is 0. The quantitative estimate of drug-likeness (QED) is 0.669. The number of fused-ring (bicyclic) bond motifs is 1. The van der Waals surface area contributed by atoms with E-state index < -0.39 is 0 Å². The molecule has 0 radical (unpaired) electrons. The normalized spacial score (nSPS) is 17.4. The van der Waals surface area contributed by atoms with E-state index in [0.717, 1.165) is 35.9 Å². The minimum Gasteiger partial charge on any atom is -0.330 e. The van der Waals surface area contributed by atoms with Crippen molar-refractivity contribution in [2.75, 3.05) is 6.54 Å². The summed E-state index contributed by atoms with van der Waals surface area (Å²) in [7, 11) is 0. The molecule has 0 N–H and O–H groups in total. The van der Waals surface area contributed by atoms with Gasteiger partial charge in [0.1, 0.15) is 5.69 Å². The van der Waals surface area contributed by atoms with Gasteiger partial charge < -0.3 is 4.90 Å². The third kappa shape index (κ3) is 2.65. The summed E-state index contributed by atoms with van der Waals surface area (Å²) >= 11 is 6.34. The van der Waals surface area contributed by atoms with Crippen LogP contribution in [0.5, 0.6) is 0 Å². The Morgan fingerprint density at radius 1 is 1.04 bits per heavy atom. The van der Waals surface area contributed by atoms with Crippen molar-refractivity contribution in [1.82, 2.24) is 9.88 Å². The number of benzene rings is 2. The smallest absolute Gasteiger partial charge is 0.272 e. The highest BCUT2D eigenvalue weighted by atomic mass is 35.5. The average molecular weight is 337 g/mol. The molecule has 1 unspecified atom stereocenters. The number of hydrogen-bond acceptors (Lipinski definition) is 2. The molecular formula is C20H17ClN2O. The number of rotatable bonds is 2. The Kier molecular flexibility index (Phi) is 3.95. The number of aromatic nitrogens is 1. The number of nitrogens with zero attached hydrogens (tertiary/aromatic N) is 2. The van der Waals surface area contributed by atoms with Crippen molar-refractivity contribution in [3.05, 3.63) is 76.9 Å². The first-order valence-electron chi connectivity index (χ1n) is 8.15. The van der Waals surface area contributed by atoms with E-state index in [0.29, 0.717) is 10.7 Å². The lowest BCUT2D eigenvalue weighted by molar-refractivity contribution is 0.0730. The van der Waals surface area contributed by atoms with Gasteiger partial charge in [0.2, 0.25) is 0 Å². The highest BCUT2D eigenvalue weighted by Gasteiger charge is 2.32. The summed E-state index contributed by atoms with van der Waals surface area (Å²) in [5, 5.41) is 1.76. The second-order valence-electron chi connectivity index (χ2n) is 6.07. The van der Waals surface area contributed by atoms with E-state index in [4.69, 9.17) is 11.6 Å². The molecule has 24 heavy (non-hydrogen) atoms. The molecular weight excluding hydrogens is 320 g/mol. The molecule has 1 fully saturated rings. The van der Waals surface area contributed by atoms with Gasteiger partial charge in [-0.05, 0) is 36.6 Å².